The van der Waals surface area contributed by atoms with Crippen LogP contribution in [-0.2, 0) is 20.8 Å². The van der Waals surface area contributed by atoms with Crippen molar-refractivity contribution in [2.75, 3.05) is 34.7 Å². The minimum absolute atomic E-state index is 0.00136. The van der Waals surface area contributed by atoms with Gasteiger partial charge < -0.3 is 48.1 Å². The number of carbonyl (C=O) groups is 1. The highest BCUT2D eigenvalue weighted by Gasteiger charge is 2.42. The van der Waals surface area contributed by atoms with Crippen LogP contribution in [0.25, 0.3) is 21.9 Å². The van der Waals surface area contributed by atoms with Crippen LogP contribution in [0.3, 0.4) is 0 Å². The van der Waals surface area contributed by atoms with Gasteiger partial charge in [0.25, 0.3) is 0 Å². The zero-order chi connectivity index (χ0) is 26.6. The van der Waals surface area contributed by atoms with Crippen molar-refractivity contribution in [2.24, 2.45) is 0 Å². The molecule has 3 aliphatic rings. The molecule has 6 rings (SSSR count). The van der Waals surface area contributed by atoms with Crippen LogP contribution in [0, 0.1) is 0 Å². The topological polar surface area (TPSA) is 131 Å². The molecule has 1 fully saturated rings. The van der Waals surface area contributed by atoms with Gasteiger partial charge in [-0.2, -0.15) is 0 Å². The number of hydrogen-bond acceptors (Lipinski definition) is 11. The molecule has 0 saturated carbocycles. The maximum atomic E-state index is 13.1. The highest BCUT2D eigenvalue weighted by Crippen LogP contribution is 2.49. The summed E-state index contributed by atoms with van der Waals surface area (Å²) >= 11 is 0. The maximum Gasteiger partial charge on any atom is 0.339 e. The van der Waals surface area contributed by atoms with Gasteiger partial charge in [-0.15, -0.1) is 0 Å². The number of esters is 1. The number of benzene rings is 3. The van der Waals surface area contributed by atoms with Gasteiger partial charge >= 0.3 is 5.97 Å². The van der Waals surface area contributed by atoms with Crippen LogP contribution >= 0.6 is 0 Å². The van der Waals surface area contributed by atoms with Gasteiger partial charge in [-0.05, 0) is 35.2 Å². The standard InChI is InChI=1S/C27H26O11/c1-31-17-7-13-14(8-18(17)32-2)25(38-27-24(29)23(28)20(33-3)10-35-27)15-9-34-26(30)22(15)21(13)12-4-5-16-19(6-12)37-11-36-16/h4-8,20,23-24,27-29H,9-11H2,1-3H3/t20-,23+,24-,27+/m1/s1. The largest absolute Gasteiger partial charge is 0.493 e. The average molecular weight is 526 g/mol. The Labute approximate surface area is 217 Å². The molecule has 1 saturated heterocycles. The minimum atomic E-state index is -1.41. The van der Waals surface area contributed by atoms with Crippen molar-refractivity contribution in [3.05, 3.63) is 41.5 Å². The molecule has 3 heterocycles. The number of aliphatic hydroxyl groups is 2. The lowest BCUT2D eigenvalue weighted by molar-refractivity contribution is -0.246. The van der Waals surface area contributed by atoms with E-state index in [1.807, 2.05) is 6.07 Å². The molecule has 0 bridgehead atoms. The molecule has 3 aromatic rings. The lowest BCUT2D eigenvalue weighted by Gasteiger charge is -2.37. The lowest BCUT2D eigenvalue weighted by atomic mass is 9.89. The molecule has 11 heteroatoms. The fourth-order valence-corrected chi connectivity index (χ4v) is 5.09. The molecule has 0 amide bonds. The first-order valence-corrected chi connectivity index (χ1v) is 11.9. The molecule has 2 N–H and O–H groups in total. The van der Waals surface area contributed by atoms with E-state index < -0.39 is 30.6 Å². The number of cyclic esters (lactones) is 1. The summed E-state index contributed by atoms with van der Waals surface area (Å²) in [7, 11) is 4.45. The van der Waals surface area contributed by atoms with Gasteiger partial charge in [0, 0.05) is 23.6 Å². The van der Waals surface area contributed by atoms with Gasteiger partial charge in [-0.25, -0.2) is 4.79 Å². The number of rotatable bonds is 6. The summed E-state index contributed by atoms with van der Waals surface area (Å²) in [6, 6.07) is 8.89. The monoisotopic (exact) mass is 526 g/mol. The smallest absolute Gasteiger partial charge is 0.339 e. The van der Waals surface area contributed by atoms with Crippen LogP contribution in [0.2, 0.25) is 0 Å². The Kier molecular flexibility index (Phi) is 6.15. The van der Waals surface area contributed by atoms with E-state index >= 15 is 0 Å². The average Bonchev–Trinajstić information content (AvgIpc) is 3.56. The van der Waals surface area contributed by atoms with Crippen molar-refractivity contribution in [1.82, 2.24) is 0 Å². The van der Waals surface area contributed by atoms with Crippen molar-refractivity contribution >= 4 is 16.7 Å². The number of carbonyl (C=O) groups excluding carboxylic acids is 1. The van der Waals surface area contributed by atoms with Crippen molar-refractivity contribution in [3.63, 3.8) is 0 Å². The van der Waals surface area contributed by atoms with Gasteiger partial charge in [-0.3, -0.25) is 0 Å². The van der Waals surface area contributed by atoms with Crippen molar-refractivity contribution < 1.29 is 52.9 Å². The van der Waals surface area contributed by atoms with Crippen molar-refractivity contribution in [2.45, 2.75) is 31.2 Å². The Morgan fingerprint density at radius 3 is 2.34 bits per heavy atom. The van der Waals surface area contributed by atoms with E-state index in [0.717, 1.165) is 0 Å². The normalized spacial score (nSPS) is 23.8. The predicted molar refractivity (Wildman–Crippen MR) is 131 cm³/mol. The van der Waals surface area contributed by atoms with Gasteiger partial charge in [0.15, 0.2) is 23.0 Å². The number of fused-ring (bicyclic) bond motifs is 3. The Morgan fingerprint density at radius 1 is 0.868 bits per heavy atom. The molecule has 0 aliphatic carbocycles. The Balaban J connectivity index is 1.58. The first kappa shape index (κ1) is 24.6. The summed E-state index contributed by atoms with van der Waals surface area (Å²) in [5.74, 6) is 1.75. The molecule has 0 spiro atoms. The fourth-order valence-electron chi connectivity index (χ4n) is 5.09. The number of hydrogen-bond donors (Lipinski definition) is 2. The molecule has 11 nitrogen and oxygen atoms in total. The third-order valence-electron chi connectivity index (χ3n) is 7.05. The van der Waals surface area contributed by atoms with Gasteiger partial charge in [-0.1, -0.05) is 6.07 Å². The van der Waals surface area contributed by atoms with E-state index in [9.17, 15) is 15.0 Å². The Hall–Kier alpha value is -3.77. The molecule has 4 atom stereocenters. The summed E-state index contributed by atoms with van der Waals surface area (Å²) in [4.78, 5) is 13.1. The van der Waals surface area contributed by atoms with Gasteiger partial charge in [0.1, 0.15) is 30.7 Å². The second kappa shape index (κ2) is 9.52. The van der Waals surface area contributed by atoms with E-state index in [1.165, 1.54) is 21.3 Å². The summed E-state index contributed by atoms with van der Waals surface area (Å²) < 4.78 is 44.7. The fraction of sp³-hybridized carbons (Fsp3) is 0.370. The van der Waals surface area contributed by atoms with Crippen LogP contribution in [0.4, 0.5) is 0 Å². The molecule has 0 aromatic heterocycles. The van der Waals surface area contributed by atoms with Crippen LogP contribution in [0.1, 0.15) is 15.9 Å². The molecular formula is C27H26O11. The van der Waals surface area contributed by atoms with Crippen molar-refractivity contribution in [1.29, 1.82) is 0 Å². The number of methoxy groups -OCH3 is 3. The van der Waals surface area contributed by atoms with Crippen LogP contribution in [0.15, 0.2) is 30.3 Å². The third kappa shape index (κ3) is 3.78. The second-order valence-corrected chi connectivity index (χ2v) is 9.03. The molecule has 3 aromatic carbocycles. The molecule has 0 radical (unpaired) electrons. The Bertz CT molecular complexity index is 1420. The van der Waals surface area contributed by atoms with E-state index in [2.05, 4.69) is 0 Å². The van der Waals surface area contributed by atoms with Crippen molar-refractivity contribution in [3.8, 4) is 39.9 Å². The highest BCUT2D eigenvalue weighted by atomic mass is 16.7. The van der Waals surface area contributed by atoms with Gasteiger partial charge in [0.05, 0.1) is 26.4 Å². The molecule has 0 unspecified atom stereocenters. The van der Waals surface area contributed by atoms with Crippen LogP contribution in [0.5, 0.6) is 28.7 Å². The molecule has 38 heavy (non-hydrogen) atoms. The molecule has 3 aliphatic heterocycles. The molecule has 200 valence electrons. The van der Waals surface area contributed by atoms with Crippen LogP contribution in [-0.4, -0.2) is 75.5 Å². The quantitative estimate of drug-likeness (QED) is 0.459. The minimum Gasteiger partial charge on any atom is -0.493 e. The zero-order valence-electron chi connectivity index (χ0n) is 20.9. The van der Waals surface area contributed by atoms with Gasteiger partial charge in [0.2, 0.25) is 13.1 Å². The summed E-state index contributed by atoms with van der Waals surface area (Å²) in [6.07, 6.45) is -4.59. The molecular weight excluding hydrogens is 500 g/mol. The lowest BCUT2D eigenvalue weighted by Crippen LogP contribution is -2.55. The predicted octanol–water partition coefficient (Wildman–Crippen LogP) is 2.40. The summed E-state index contributed by atoms with van der Waals surface area (Å²) in [5.41, 5.74) is 2.06. The van der Waals surface area contributed by atoms with E-state index in [0.29, 0.717) is 56.0 Å². The first-order chi connectivity index (χ1) is 18.4. The second-order valence-electron chi connectivity index (χ2n) is 9.03. The maximum absolute atomic E-state index is 13.1. The summed E-state index contributed by atoms with van der Waals surface area (Å²) in [6.45, 7) is 0.0513. The Morgan fingerprint density at radius 2 is 1.61 bits per heavy atom. The van der Waals surface area contributed by atoms with E-state index in [1.54, 1.807) is 24.3 Å². The van der Waals surface area contributed by atoms with E-state index in [4.69, 9.17) is 37.9 Å². The first-order valence-electron chi connectivity index (χ1n) is 11.9. The van der Waals surface area contributed by atoms with E-state index in [-0.39, 0.29) is 25.8 Å². The zero-order valence-corrected chi connectivity index (χ0v) is 20.9. The number of aliphatic hydroxyl groups excluding tert-OH is 2. The third-order valence-corrected chi connectivity index (χ3v) is 7.05. The van der Waals surface area contributed by atoms with Crippen LogP contribution < -0.4 is 23.7 Å². The summed E-state index contributed by atoms with van der Waals surface area (Å²) in [5, 5.41) is 22.4. The number of ether oxygens (including phenoxy) is 8. The highest BCUT2D eigenvalue weighted by molar-refractivity contribution is 6.14. The SMILES string of the molecule is COc1cc2c(O[C@@H]3OC[C@@H](OC)[C@H](O)[C@H]3O)c3c(c(-c4ccc5c(c4)OCO5)c2cc1OC)C(=O)OC3.